The van der Waals surface area contributed by atoms with Gasteiger partial charge in [0.25, 0.3) is 11.7 Å². The van der Waals surface area contributed by atoms with E-state index in [-0.39, 0.29) is 48.6 Å². The summed E-state index contributed by atoms with van der Waals surface area (Å²) in [7, 11) is 4.55. The number of hydrogen-bond donors (Lipinski definition) is 2. The Hall–Kier alpha value is -6.75. The second-order valence-corrected chi connectivity index (χ2v) is 29.9. The quantitative estimate of drug-likeness (QED) is 0.0555. The van der Waals surface area contributed by atoms with Crippen molar-refractivity contribution in [2.45, 2.75) is 200 Å². The highest BCUT2D eigenvalue weighted by molar-refractivity contribution is 6.39. The van der Waals surface area contributed by atoms with Crippen molar-refractivity contribution < 1.29 is 76.9 Å². The molecule has 26 heteroatoms. The molecule has 2 aromatic rings. The van der Waals surface area contributed by atoms with Gasteiger partial charge in [0.05, 0.1) is 49.3 Å². The molecule has 9 rings (SSSR count). The fourth-order valence-electron chi connectivity index (χ4n) is 15.6. The number of methoxy groups -OCH3 is 3. The maximum absolute atomic E-state index is 14.8. The highest BCUT2D eigenvalue weighted by Gasteiger charge is 2.53. The maximum Gasteiger partial charge on any atom is 0.410 e. The van der Waals surface area contributed by atoms with Crippen molar-refractivity contribution in [2.24, 2.45) is 35.5 Å². The Balaban J connectivity index is 0.794. The molecule has 0 radical (unpaired) electrons. The zero-order valence-corrected chi connectivity index (χ0v) is 62.7. The second kappa shape index (κ2) is 38.0. The molecular formula is C77H114N10O16. The summed E-state index contributed by atoms with van der Waals surface area (Å²) in [6, 6.07) is -1.20. The van der Waals surface area contributed by atoms with Crippen LogP contribution in [0, 0.1) is 35.5 Å². The standard InChI is InChI=1S/C77H114N10O16/c1-49-17-13-12-14-18-50(2)65(97-9)43-60-22-20-55(7)77(96,103-60)71(92)72(93)87-25-16-15-19-62(87)73(94)101-66(44-63(89)51(3)40-54(6)69(91)70(99-11)68(90)53(5)39-49)52(4)41-57-21-23-64(67(42-57)98-10)102-76(95)86-26-24-61-59(48-86)47-80-75(81-61)85-33-29-83(30-34-85)36-38-100-37-35-82-27-31-84(32-28-82)74-78-45-58(46-79-74)56(8)88/h12-14,17-18,40,45-47,49,51-53,55,57,60,62,64-67,69-70,91,96H,15-16,19-39,41-44,48H2,1-11H3/b14-12+,17-13+,50-18+,54-40+/t49-,51-,52-,53-,55-,57+,60+,62+,64-,65+,66+,67-,69-,70+,77-/m1/s1. The van der Waals surface area contributed by atoms with Crippen LogP contribution in [-0.2, 0) is 70.1 Å². The molecule has 2 aromatic heterocycles. The van der Waals surface area contributed by atoms with Gasteiger partial charge in [-0.15, -0.1) is 0 Å². The molecule has 103 heavy (non-hydrogen) atoms. The number of rotatable bonds is 16. The van der Waals surface area contributed by atoms with Crippen molar-refractivity contribution in [2.75, 3.05) is 123 Å². The molecule has 7 aliphatic rings. The van der Waals surface area contributed by atoms with Gasteiger partial charge in [-0.05, 0) is 114 Å². The lowest BCUT2D eigenvalue weighted by Crippen LogP contribution is -2.61. The third-order valence-electron chi connectivity index (χ3n) is 22.3. The summed E-state index contributed by atoms with van der Waals surface area (Å²) in [5, 5.41) is 23.8. The minimum atomic E-state index is -2.47. The van der Waals surface area contributed by atoms with Crippen LogP contribution >= 0.6 is 0 Å². The van der Waals surface area contributed by atoms with Crippen molar-refractivity contribution in [1.82, 2.24) is 39.5 Å². The molecule has 0 aromatic carbocycles. The predicted octanol–water partition coefficient (Wildman–Crippen LogP) is 7.13. The number of esters is 1. The summed E-state index contributed by atoms with van der Waals surface area (Å²) in [5.41, 5.74) is 3.52. The number of amides is 2. The van der Waals surface area contributed by atoms with Gasteiger partial charge >= 0.3 is 12.1 Å². The van der Waals surface area contributed by atoms with Gasteiger partial charge < -0.3 is 63.0 Å². The summed E-state index contributed by atoms with van der Waals surface area (Å²) in [4.78, 5) is 129. The van der Waals surface area contributed by atoms with Crippen molar-refractivity contribution in [1.29, 1.82) is 0 Å². The number of ether oxygens (including phenoxy) is 7. The number of Topliss-reactive ketones (excluding diaryl/α,β-unsaturated/α-hetero) is 4. The van der Waals surface area contributed by atoms with Gasteiger partial charge in [0.2, 0.25) is 17.7 Å². The smallest absolute Gasteiger partial charge is 0.410 e. The van der Waals surface area contributed by atoms with Gasteiger partial charge in [0.15, 0.2) is 11.6 Å². The van der Waals surface area contributed by atoms with Crippen LogP contribution in [0.2, 0.25) is 0 Å². The number of ketones is 4. The Morgan fingerprint density at radius 1 is 0.738 bits per heavy atom. The van der Waals surface area contributed by atoms with Gasteiger partial charge in [-0.25, -0.2) is 29.5 Å². The van der Waals surface area contributed by atoms with Crippen LogP contribution in [0.1, 0.15) is 154 Å². The lowest BCUT2D eigenvalue weighted by atomic mass is 9.78. The Morgan fingerprint density at radius 3 is 2.08 bits per heavy atom. The minimum Gasteiger partial charge on any atom is -0.460 e. The van der Waals surface area contributed by atoms with E-state index in [1.807, 2.05) is 64.3 Å². The Kier molecular flexibility index (Phi) is 29.6. The van der Waals surface area contributed by atoms with E-state index in [1.54, 1.807) is 58.4 Å². The summed E-state index contributed by atoms with van der Waals surface area (Å²) in [6.45, 7) is 24.7. The van der Waals surface area contributed by atoms with E-state index in [1.165, 1.54) is 18.9 Å². The number of anilines is 2. The highest BCUT2D eigenvalue weighted by atomic mass is 16.6. The van der Waals surface area contributed by atoms with Crippen LogP contribution in [0.25, 0.3) is 0 Å². The average Bonchev–Trinajstić information content (AvgIpc) is 0.779. The summed E-state index contributed by atoms with van der Waals surface area (Å²) in [6.07, 6.45) is 15.4. The number of piperidine rings is 1. The van der Waals surface area contributed by atoms with E-state index in [0.717, 1.165) is 82.3 Å². The molecule has 8 heterocycles. The second-order valence-electron chi connectivity index (χ2n) is 29.9. The number of aliphatic hydroxyl groups excluding tert-OH is 1. The molecule has 2 N–H and O–H groups in total. The van der Waals surface area contributed by atoms with Crippen molar-refractivity contribution in [3.8, 4) is 0 Å². The number of piperazine rings is 2. The van der Waals surface area contributed by atoms with E-state index in [0.29, 0.717) is 120 Å². The van der Waals surface area contributed by atoms with Gasteiger partial charge in [0, 0.05) is 161 Å². The van der Waals surface area contributed by atoms with Crippen molar-refractivity contribution in [3.63, 3.8) is 0 Å². The lowest BCUT2D eigenvalue weighted by Gasteiger charge is -2.42. The molecule has 15 atom stereocenters. The molecule has 2 amide bonds. The monoisotopic (exact) mass is 1430 g/mol. The average molecular weight is 1440 g/mol. The van der Waals surface area contributed by atoms with E-state index in [4.69, 9.17) is 43.1 Å². The number of aromatic nitrogens is 4. The fraction of sp³-hybridized carbons (Fsp3) is 0.701. The molecule has 1 aliphatic carbocycles. The van der Waals surface area contributed by atoms with E-state index in [9.17, 15) is 43.8 Å². The summed E-state index contributed by atoms with van der Waals surface area (Å²) >= 11 is 0. The van der Waals surface area contributed by atoms with E-state index in [2.05, 4.69) is 29.6 Å². The molecule has 4 saturated heterocycles. The number of carbonyl (C=O) groups is 7. The predicted molar refractivity (Wildman–Crippen MR) is 386 cm³/mol. The largest absolute Gasteiger partial charge is 0.460 e. The normalized spacial score (nSPS) is 32.6. The first-order valence-electron chi connectivity index (χ1n) is 37.5. The summed E-state index contributed by atoms with van der Waals surface area (Å²) in [5.74, 6) is -7.24. The summed E-state index contributed by atoms with van der Waals surface area (Å²) < 4.78 is 42.6. The molecule has 0 spiro atoms. The van der Waals surface area contributed by atoms with E-state index < -0.39 is 102 Å². The molecular weight excluding hydrogens is 1320 g/mol. The number of allylic oxidation sites excluding steroid dienone is 6. The number of cyclic esters (lactones) is 1. The number of hydrogen-bond acceptors (Lipinski definition) is 24. The third-order valence-corrected chi connectivity index (χ3v) is 22.3. The fourth-order valence-corrected chi connectivity index (χ4v) is 15.6. The lowest BCUT2D eigenvalue weighted by molar-refractivity contribution is -0.265. The van der Waals surface area contributed by atoms with Crippen molar-refractivity contribution in [3.05, 3.63) is 83.0 Å². The molecule has 5 fully saturated rings. The third kappa shape index (κ3) is 21.3. The topological polar surface area (TPSA) is 296 Å². The van der Waals surface area contributed by atoms with Crippen molar-refractivity contribution >= 4 is 53.0 Å². The molecule has 568 valence electrons. The molecule has 2 bridgehead atoms. The van der Waals surface area contributed by atoms with Crippen LogP contribution in [0.15, 0.2) is 66.2 Å². The SMILES string of the molecule is CO[C@H]1C[C@@H]2CC[C@@H](C)[C@@](O)(O2)C(=O)C(=O)N2CCCC[C@H]2C(=O)O[C@H]([C@H](C)C[C@@H]2CC[C@@H](OC(=O)N3CCc4nc(N5CCN(CCOCCN6CCN(c7ncc(C(C)=O)cn7)CC6)CC5)ncc4C3)[C@H](OC)C2)CC(=O)[C@H](C)/C=C(\C)[C@@H](O)[C@@H](OC)C(=O)[C@H](C)C[C@H](C)/C=C/C=C/C=C/1C. The van der Waals surface area contributed by atoms with Gasteiger partial charge in [0.1, 0.15) is 36.2 Å². The van der Waals surface area contributed by atoms with E-state index >= 15 is 0 Å². The highest BCUT2D eigenvalue weighted by Crippen LogP contribution is 2.39. The molecule has 1 saturated carbocycles. The number of fused-ring (bicyclic) bond motifs is 4. The first-order chi connectivity index (χ1) is 49.4. The first kappa shape index (κ1) is 80.3. The Bertz CT molecular complexity index is 3330. The number of aliphatic hydroxyl groups is 2. The Labute approximate surface area is 608 Å². The Morgan fingerprint density at radius 2 is 1.42 bits per heavy atom. The van der Waals surface area contributed by atoms with Gasteiger partial charge in [-0.3, -0.25) is 33.8 Å². The van der Waals surface area contributed by atoms with Crippen LogP contribution in [0.5, 0.6) is 0 Å². The van der Waals surface area contributed by atoms with Crippen LogP contribution in [0.3, 0.4) is 0 Å². The van der Waals surface area contributed by atoms with Gasteiger partial charge in [-0.2, -0.15) is 0 Å². The van der Waals surface area contributed by atoms with Gasteiger partial charge in [-0.1, -0.05) is 71.1 Å². The molecule has 6 aliphatic heterocycles. The van der Waals surface area contributed by atoms with Crippen LogP contribution < -0.4 is 9.80 Å². The number of carbonyl (C=O) groups excluding carboxylic acids is 7. The molecule has 0 unspecified atom stereocenters. The zero-order valence-electron chi connectivity index (χ0n) is 62.7. The van der Waals surface area contributed by atoms with Crippen LogP contribution in [0.4, 0.5) is 16.7 Å². The van der Waals surface area contributed by atoms with Crippen LogP contribution in [-0.4, -0.2) is 258 Å². The first-order valence-corrected chi connectivity index (χ1v) is 37.5. The molecule has 26 nitrogen and oxygen atoms in total. The zero-order chi connectivity index (χ0) is 74.1. The maximum atomic E-state index is 14.8. The number of nitrogens with zero attached hydrogens (tertiary/aromatic N) is 10. The minimum absolute atomic E-state index is 0.00963.